The first-order valence-electron chi connectivity index (χ1n) is 8.16. The van der Waals surface area contributed by atoms with Gasteiger partial charge in [0.2, 0.25) is 5.91 Å². The molecular weight excluding hydrogens is 308 g/mol. The van der Waals surface area contributed by atoms with Crippen LogP contribution in [0.15, 0.2) is 27.4 Å². The second kappa shape index (κ2) is 6.51. The van der Waals surface area contributed by atoms with Crippen molar-refractivity contribution in [1.29, 1.82) is 0 Å². The van der Waals surface area contributed by atoms with Crippen LogP contribution in [0, 0.1) is 12.8 Å². The fourth-order valence-corrected chi connectivity index (χ4v) is 2.85. The van der Waals surface area contributed by atoms with Gasteiger partial charge < -0.3 is 15.1 Å². The Morgan fingerprint density at radius 1 is 1.38 bits per heavy atom. The minimum absolute atomic E-state index is 0.0501. The summed E-state index contributed by atoms with van der Waals surface area (Å²) in [5.41, 5.74) is 5.84. The van der Waals surface area contributed by atoms with Crippen molar-refractivity contribution in [3.8, 4) is 11.5 Å². The number of hydrogen-bond acceptors (Lipinski definition) is 5. The lowest BCUT2D eigenvalue weighted by Crippen LogP contribution is -2.42. The quantitative estimate of drug-likeness (QED) is 0.923. The van der Waals surface area contributed by atoms with E-state index in [1.165, 1.54) is 6.07 Å². The number of nitrogens with zero attached hydrogens (tertiary/aromatic N) is 3. The first-order chi connectivity index (χ1) is 11.4. The van der Waals surface area contributed by atoms with E-state index in [2.05, 4.69) is 12.0 Å². The molecule has 3 heterocycles. The van der Waals surface area contributed by atoms with E-state index in [1.54, 1.807) is 11.0 Å². The molecule has 1 amide bonds. The number of likely N-dealkylation sites (tertiary alicyclic amines) is 1. The van der Waals surface area contributed by atoms with E-state index < -0.39 is 5.56 Å². The Hall–Kier alpha value is -2.57. The monoisotopic (exact) mass is 330 g/mol. The van der Waals surface area contributed by atoms with Gasteiger partial charge in [-0.1, -0.05) is 6.92 Å². The highest BCUT2D eigenvalue weighted by atomic mass is 16.3. The molecule has 0 spiro atoms. The van der Waals surface area contributed by atoms with E-state index in [0.29, 0.717) is 17.4 Å². The molecule has 3 rings (SSSR count). The lowest BCUT2D eigenvalue weighted by molar-refractivity contribution is -0.133. The van der Waals surface area contributed by atoms with Crippen LogP contribution >= 0.6 is 0 Å². The molecular formula is C17H22N4O3. The van der Waals surface area contributed by atoms with Crippen LogP contribution in [0.5, 0.6) is 0 Å². The Kier molecular flexibility index (Phi) is 4.42. The summed E-state index contributed by atoms with van der Waals surface area (Å²) in [6, 6.07) is 5.05. The summed E-state index contributed by atoms with van der Waals surface area (Å²) in [6.45, 7) is 5.35. The van der Waals surface area contributed by atoms with Gasteiger partial charge in [0.15, 0.2) is 5.76 Å². The van der Waals surface area contributed by atoms with E-state index in [9.17, 15) is 9.59 Å². The number of piperidine rings is 1. The van der Waals surface area contributed by atoms with Crippen LogP contribution in [-0.2, 0) is 11.3 Å². The van der Waals surface area contributed by atoms with Gasteiger partial charge in [0, 0.05) is 13.1 Å². The van der Waals surface area contributed by atoms with Gasteiger partial charge in [-0.3, -0.25) is 9.59 Å². The normalized spacial score (nSPS) is 15.7. The Labute approximate surface area is 140 Å². The summed E-state index contributed by atoms with van der Waals surface area (Å²) in [5.74, 6) is 1.79. The summed E-state index contributed by atoms with van der Waals surface area (Å²) in [4.78, 5) is 26.4. The highest BCUT2D eigenvalue weighted by Crippen LogP contribution is 2.20. The number of aryl methyl sites for hydroxylation is 1. The summed E-state index contributed by atoms with van der Waals surface area (Å²) in [7, 11) is 0. The Morgan fingerprint density at radius 3 is 2.71 bits per heavy atom. The molecule has 7 nitrogen and oxygen atoms in total. The van der Waals surface area contributed by atoms with Crippen molar-refractivity contribution >= 4 is 11.6 Å². The van der Waals surface area contributed by atoms with Crippen LogP contribution in [0.2, 0.25) is 0 Å². The predicted molar refractivity (Wildman–Crippen MR) is 90.3 cm³/mol. The van der Waals surface area contributed by atoms with Crippen LogP contribution in [0.1, 0.15) is 25.5 Å². The fourth-order valence-electron chi connectivity index (χ4n) is 2.85. The number of nitrogen functional groups attached to an aromatic ring is 1. The minimum Gasteiger partial charge on any atom is -0.460 e. The third-order valence-electron chi connectivity index (χ3n) is 4.42. The summed E-state index contributed by atoms with van der Waals surface area (Å²) in [5, 5.41) is 4.25. The molecule has 0 bridgehead atoms. The Bertz CT molecular complexity index is 800. The van der Waals surface area contributed by atoms with Crippen molar-refractivity contribution in [2.24, 2.45) is 5.92 Å². The fraction of sp³-hybridized carbons (Fsp3) is 0.471. The molecule has 0 radical (unpaired) electrons. The highest BCUT2D eigenvalue weighted by Gasteiger charge is 2.21. The Morgan fingerprint density at radius 2 is 2.08 bits per heavy atom. The molecule has 1 fully saturated rings. The number of anilines is 1. The maximum atomic E-state index is 12.5. The third-order valence-corrected chi connectivity index (χ3v) is 4.42. The van der Waals surface area contributed by atoms with E-state index >= 15 is 0 Å². The van der Waals surface area contributed by atoms with E-state index in [1.807, 2.05) is 13.0 Å². The summed E-state index contributed by atoms with van der Waals surface area (Å²) in [6.07, 6.45) is 1.98. The SMILES string of the molecule is Cc1ccc(-c2cc(N)c(=O)n(CC(=O)N3CCC(C)CC3)n2)o1. The maximum absolute atomic E-state index is 12.5. The van der Waals surface area contributed by atoms with E-state index in [0.717, 1.165) is 36.4 Å². The van der Waals surface area contributed by atoms with Crippen molar-refractivity contribution in [3.63, 3.8) is 0 Å². The van der Waals surface area contributed by atoms with Crippen LogP contribution in [-0.4, -0.2) is 33.7 Å². The third kappa shape index (κ3) is 3.34. The molecule has 1 aliphatic heterocycles. The van der Waals surface area contributed by atoms with E-state index in [-0.39, 0.29) is 18.1 Å². The molecule has 1 saturated heterocycles. The Balaban J connectivity index is 1.83. The molecule has 0 aromatic carbocycles. The zero-order valence-electron chi connectivity index (χ0n) is 14.0. The van der Waals surface area contributed by atoms with Crippen molar-refractivity contribution in [2.45, 2.75) is 33.2 Å². The van der Waals surface area contributed by atoms with E-state index in [4.69, 9.17) is 10.2 Å². The number of furan rings is 1. The number of aromatic nitrogens is 2. The van der Waals surface area contributed by atoms with Gasteiger partial charge in [-0.15, -0.1) is 0 Å². The van der Waals surface area contributed by atoms with Gasteiger partial charge >= 0.3 is 0 Å². The molecule has 128 valence electrons. The predicted octanol–water partition coefficient (Wildman–Crippen LogP) is 1.65. The molecule has 2 N–H and O–H groups in total. The standard InChI is InChI=1S/C17H22N4O3/c1-11-5-7-20(8-6-11)16(22)10-21-17(23)13(18)9-14(19-21)15-4-3-12(2)24-15/h3-4,9,11H,5-8,10,18H2,1-2H3. The molecule has 0 aliphatic carbocycles. The van der Waals surface area contributed by atoms with Crippen molar-refractivity contribution < 1.29 is 9.21 Å². The van der Waals surface area contributed by atoms with Crippen LogP contribution in [0.25, 0.3) is 11.5 Å². The molecule has 0 atom stereocenters. The maximum Gasteiger partial charge on any atom is 0.290 e. The lowest BCUT2D eigenvalue weighted by Gasteiger charge is -2.30. The summed E-state index contributed by atoms with van der Waals surface area (Å²) < 4.78 is 6.65. The van der Waals surface area contributed by atoms with Gasteiger partial charge in [-0.05, 0) is 43.9 Å². The van der Waals surface area contributed by atoms with Gasteiger partial charge in [-0.2, -0.15) is 5.10 Å². The first kappa shape index (κ1) is 16.3. The molecule has 0 unspecified atom stereocenters. The topological polar surface area (TPSA) is 94.4 Å². The van der Waals surface area contributed by atoms with Crippen molar-refractivity contribution in [3.05, 3.63) is 34.3 Å². The van der Waals surface area contributed by atoms with Crippen LogP contribution in [0.4, 0.5) is 5.69 Å². The number of amides is 1. The number of carbonyl (C=O) groups excluding carboxylic acids is 1. The minimum atomic E-state index is -0.458. The number of rotatable bonds is 3. The van der Waals surface area contributed by atoms with Crippen LogP contribution in [0.3, 0.4) is 0 Å². The average Bonchev–Trinajstić information content (AvgIpc) is 2.98. The summed E-state index contributed by atoms with van der Waals surface area (Å²) >= 11 is 0. The molecule has 1 aliphatic rings. The first-order valence-corrected chi connectivity index (χ1v) is 8.16. The number of nitrogens with two attached hydrogens (primary N) is 1. The number of carbonyl (C=O) groups is 1. The molecule has 2 aromatic rings. The van der Waals surface area contributed by atoms with Gasteiger partial charge in [0.1, 0.15) is 23.7 Å². The largest absolute Gasteiger partial charge is 0.460 e. The second-order valence-corrected chi connectivity index (χ2v) is 6.42. The molecule has 7 heteroatoms. The highest BCUT2D eigenvalue weighted by molar-refractivity contribution is 5.76. The molecule has 0 saturated carbocycles. The van der Waals surface area contributed by atoms with Crippen molar-refractivity contribution in [1.82, 2.24) is 14.7 Å². The molecule has 24 heavy (non-hydrogen) atoms. The van der Waals surface area contributed by atoms with Crippen molar-refractivity contribution in [2.75, 3.05) is 18.8 Å². The lowest BCUT2D eigenvalue weighted by atomic mass is 9.99. The average molecular weight is 330 g/mol. The van der Waals surface area contributed by atoms with Gasteiger partial charge in [-0.25, -0.2) is 4.68 Å². The van der Waals surface area contributed by atoms with Crippen LogP contribution < -0.4 is 11.3 Å². The smallest absolute Gasteiger partial charge is 0.290 e. The zero-order chi connectivity index (χ0) is 17.3. The van der Waals surface area contributed by atoms with Gasteiger partial charge in [0.25, 0.3) is 5.56 Å². The van der Waals surface area contributed by atoms with Gasteiger partial charge in [0.05, 0.1) is 0 Å². The number of hydrogen-bond donors (Lipinski definition) is 1. The zero-order valence-corrected chi connectivity index (χ0v) is 14.0. The second-order valence-electron chi connectivity index (χ2n) is 6.42. The molecule has 2 aromatic heterocycles.